The Morgan fingerprint density at radius 1 is 1.10 bits per heavy atom. The third-order valence-electron chi connectivity index (χ3n) is 5.25. The first-order chi connectivity index (χ1) is 14.1. The molecule has 1 aromatic heterocycles. The molecule has 0 saturated heterocycles. The van der Waals surface area contributed by atoms with E-state index in [1.165, 1.54) is 0 Å². The summed E-state index contributed by atoms with van der Waals surface area (Å²) in [5.41, 5.74) is 3.21. The lowest BCUT2D eigenvalue weighted by Gasteiger charge is -2.19. The molecule has 0 saturated carbocycles. The standard InChI is InChI=1S/C23H22N4O2/c1-3-16-9-7-12-19-20(16)27-15(2)8-4-5-13-24-21(28)17-10-6-11-18(14-17)22(29)26-23(27)25-19/h1,6-7,9-12,14-15H,4-5,8,13H2,2H3,(H,24,28)(H,25,26,29)/t15-/m0/s1. The molecule has 1 aliphatic rings. The number of hydrogen-bond donors (Lipinski definition) is 2. The van der Waals surface area contributed by atoms with Gasteiger partial charge in [-0.1, -0.05) is 18.1 Å². The van der Waals surface area contributed by atoms with Crippen LogP contribution in [0.4, 0.5) is 5.95 Å². The van der Waals surface area contributed by atoms with Crippen LogP contribution in [0, 0.1) is 12.3 Å². The molecule has 2 heterocycles. The van der Waals surface area contributed by atoms with Gasteiger partial charge in [0.2, 0.25) is 5.95 Å². The van der Waals surface area contributed by atoms with Crippen molar-refractivity contribution in [1.82, 2.24) is 14.9 Å². The zero-order chi connectivity index (χ0) is 20.4. The average Bonchev–Trinajstić information content (AvgIpc) is 3.10. The van der Waals surface area contributed by atoms with E-state index in [4.69, 9.17) is 6.42 Å². The molecule has 0 radical (unpaired) electrons. The van der Waals surface area contributed by atoms with E-state index >= 15 is 0 Å². The third-order valence-corrected chi connectivity index (χ3v) is 5.25. The Morgan fingerprint density at radius 2 is 1.86 bits per heavy atom. The summed E-state index contributed by atoms with van der Waals surface area (Å²) in [6.07, 6.45) is 8.39. The molecule has 2 aromatic carbocycles. The summed E-state index contributed by atoms with van der Waals surface area (Å²) in [6, 6.07) is 12.4. The Balaban J connectivity index is 1.84. The Labute approximate surface area is 169 Å². The fraction of sp³-hybridized carbons (Fsp3) is 0.261. The van der Waals surface area contributed by atoms with Crippen molar-refractivity contribution in [3.8, 4) is 12.3 Å². The van der Waals surface area contributed by atoms with Gasteiger partial charge in [-0.3, -0.25) is 14.9 Å². The molecule has 6 heteroatoms. The Bertz CT molecular complexity index is 1140. The average molecular weight is 386 g/mol. The number of carbonyl (C=O) groups excluding carboxylic acids is 2. The van der Waals surface area contributed by atoms with Gasteiger partial charge in [-0.05, 0) is 56.5 Å². The smallest absolute Gasteiger partial charge is 0.257 e. The molecule has 1 atom stereocenters. The van der Waals surface area contributed by atoms with E-state index in [2.05, 4.69) is 28.5 Å². The predicted molar refractivity (Wildman–Crippen MR) is 113 cm³/mol. The molecular formula is C23H22N4O2. The van der Waals surface area contributed by atoms with Crippen molar-refractivity contribution >= 4 is 28.8 Å². The van der Waals surface area contributed by atoms with Gasteiger partial charge in [-0.2, -0.15) is 0 Å². The van der Waals surface area contributed by atoms with Crippen LogP contribution in [0.2, 0.25) is 0 Å². The SMILES string of the molecule is C#Cc1cccc2nc3n(c12)[C@@H](C)CCCCNC(=O)c1cccc(c1)C(=O)N3. The second kappa shape index (κ2) is 7.80. The van der Waals surface area contributed by atoms with Crippen molar-refractivity contribution in [2.24, 2.45) is 0 Å². The number of amides is 2. The molecule has 4 rings (SSSR count). The number of carbonyl (C=O) groups is 2. The molecule has 6 nitrogen and oxygen atoms in total. The number of fused-ring (bicyclic) bond motifs is 5. The highest BCUT2D eigenvalue weighted by molar-refractivity contribution is 6.06. The third kappa shape index (κ3) is 3.59. The van der Waals surface area contributed by atoms with Crippen molar-refractivity contribution < 1.29 is 9.59 Å². The van der Waals surface area contributed by atoms with Crippen LogP contribution in [0.5, 0.6) is 0 Å². The molecule has 29 heavy (non-hydrogen) atoms. The molecule has 146 valence electrons. The van der Waals surface area contributed by atoms with Gasteiger partial charge >= 0.3 is 0 Å². The van der Waals surface area contributed by atoms with Gasteiger partial charge in [0.1, 0.15) is 0 Å². The minimum atomic E-state index is -0.317. The molecule has 1 aliphatic heterocycles. The molecule has 3 aromatic rings. The lowest BCUT2D eigenvalue weighted by Crippen LogP contribution is -2.25. The molecule has 0 fully saturated rings. The molecule has 2 bridgehead atoms. The van der Waals surface area contributed by atoms with E-state index in [9.17, 15) is 9.59 Å². The van der Waals surface area contributed by atoms with E-state index in [0.29, 0.717) is 23.6 Å². The lowest BCUT2D eigenvalue weighted by molar-refractivity contribution is 0.0953. The fourth-order valence-electron chi connectivity index (χ4n) is 3.76. The van der Waals surface area contributed by atoms with E-state index in [0.717, 1.165) is 35.9 Å². The number of nitrogens with zero attached hydrogens (tertiary/aromatic N) is 2. The Hall–Kier alpha value is -3.59. The van der Waals surface area contributed by atoms with Crippen molar-refractivity contribution in [2.75, 3.05) is 11.9 Å². The van der Waals surface area contributed by atoms with Crippen molar-refractivity contribution in [1.29, 1.82) is 0 Å². The van der Waals surface area contributed by atoms with E-state index in [1.807, 2.05) is 22.8 Å². The van der Waals surface area contributed by atoms with Crippen LogP contribution in [-0.2, 0) is 0 Å². The minimum absolute atomic E-state index is 0.0785. The van der Waals surface area contributed by atoms with Crippen molar-refractivity contribution in [3.05, 3.63) is 59.2 Å². The number of para-hydroxylation sites is 1. The summed E-state index contributed by atoms with van der Waals surface area (Å²) < 4.78 is 2.02. The van der Waals surface area contributed by atoms with Crippen LogP contribution in [-0.4, -0.2) is 27.9 Å². The molecule has 0 spiro atoms. The van der Waals surface area contributed by atoms with Gasteiger partial charge in [-0.15, -0.1) is 6.42 Å². The van der Waals surface area contributed by atoms with E-state index < -0.39 is 0 Å². The maximum atomic E-state index is 12.9. The molecule has 2 amide bonds. The predicted octanol–water partition coefficient (Wildman–Crippen LogP) is 3.74. The highest BCUT2D eigenvalue weighted by Gasteiger charge is 2.21. The highest BCUT2D eigenvalue weighted by atomic mass is 16.2. The number of aromatic nitrogens is 2. The summed E-state index contributed by atoms with van der Waals surface area (Å²) in [5.74, 6) is 2.71. The van der Waals surface area contributed by atoms with Gasteiger partial charge in [0.05, 0.1) is 16.6 Å². The summed E-state index contributed by atoms with van der Waals surface area (Å²) >= 11 is 0. The van der Waals surface area contributed by atoms with Crippen molar-refractivity contribution in [2.45, 2.75) is 32.2 Å². The first kappa shape index (κ1) is 18.8. The van der Waals surface area contributed by atoms with Gasteiger partial charge in [0, 0.05) is 23.7 Å². The second-order valence-corrected chi connectivity index (χ2v) is 7.26. The first-order valence-electron chi connectivity index (χ1n) is 9.75. The number of rotatable bonds is 0. The zero-order valence-corrected chi connectivity index (χ0v) is 16.2. The van der Waals surface area contributed by atoms with Gasteiger partial charge in [-0.25, -0.2) is 4.98 Å². The summed E-state index contributed by atoms with van der Waals surface area (Å²) in [5, 5.41) is 5.84. The monoisotopic (exact) mass is 386 g/mol. The van der Waals surface area contributed by atoms with Crippen LogP contribution in [0.15, 0.2) is 42.5 Å². The van der Waals surface area contributed by atoms with Crippen LogP contribution in [0.25, 0.3) is 11.0 Å². The molecule has 0 aliphatic carbocycles. The van der Waals surface area contributed by atoms with Crippen LogP contribution < -0.4 is 10.6 Å². The Morgan fingerprint density at radius 3 is 2.66 bits per heavy atom. The minimum Gasteiger partial charge on any atom is -0.352 e. The molecular weight excluding hydrogens is 364 g/mol. The lowest BCUT2D eigenvalue weighted by atomic mass is 10.1. The number of benzene rings is 2. The largest absolute Gasteiger partial charge is 0.352 e. The normalized spacial score (nSPS) is 17.6. The molecule has 0 unspecified atom stereocenters. The second-order valence-electron chi connectivity index (χ2n) is 7.26. The van der Waals surface area contributed by atoms with Gasteiger partial charge in [0.15, 0.2) is 0 Å². The number of nitrogens with one attached hydrogen (secondary N) is 2. The van der Waals surface area contributed by atoms with E-state index in [-0.39, 0.29) is 17.9 Å². The van der Waals surface area contributed by atoms with Crippen LogP contribution in [0.3, 0.4) is 0 Å². The van der Waals surface area contributed by atoms with E-state index in [1.54, 1.807) is 24.3 Å². The number of terminal acetylenes is 1. The fourth-order valence-corrected chi connectivity index (χ4v) is 3.76. The summed E-state index contributed by atoms with van der Waals surface area (Å²) in [6.45, 7) is 2.68. The topological polar surface area (TPSA) is 76.0 Å². The van der Waals surface area contributed by atoms with Gasteiger partial charge in [0.25, 0.3) is 11.8 Å². The quantitative estimate of drug-likeness (QED) is 0.578. The number of hydrogen-bond acceptors (Lipinski definition) is 3. The number of imidazole rings is 1. The Kier molecular flexibility index (Phi) is 5.05. The van der Waals surface area contributed by atoms with Gasteiger partial charge < -0.3 is 9.88 Å². The highest BCUT2D eigenvalue weighted by Crippen LogP contribution is 2.30. The summed E-state index contributed by atoms with van der Waals surface area (Å²) in [7, 11) is 0. The zero-order valence-electron chi connectivity index (χ0n) is 16.2. The van der Waals surface area contributed by atoms with Crippen LogP contribution >= 0.6 is 0 Å². The maximum Gasteiger partial charge on any atom is 0.257 e. The maximum absolute atomic E-state index is 12.9. The van der Waals surface area contributed by atoms with Crippen molar-refractivity contribution in [3.63, 3.8) is 0 Å². The molecule has 2 N–H and O–H groups in total. The number of anilines is 1. The summed E-state index contributed by atoms with van der Waals surface area (Å²) in [4.78, 5) is 29.9. The van der Waals surface area contributed by atoms with Crippen LogP contribution in [0.1, 0.15) is 58.5 Å². The first-order valence-corrected chi connectivity index (χ1v) is 9.75.